The Morgan fingerprint density at radius 1 is 1.37 bits per heavy atom. The van der Waals surface area contributed by atoms with Crippen molar-refractivity contribution in [3.8, 4) is 17.1 Å². The molecular weight excluding hydrogens is 253 g/mol. The molecule has 1 aromatic carbocycles. The predicted octanol–water partition coefficient (Wildman–Crippen LogP) is 1.49. The number of halogens is 1. The van der Waals surface area contributed by atoms with Crippen LogP contribution in [0.1, 0.15) is 11.5 Å². The first-order chi connectivity index (χ1) is 9.21. The third kappa shape index (κ3) is 2.56. The zero-order valence-corrected chi connectivity index (χ0v) is 10.6. The maximum Gasteiger partial charge on any atom is 0.240 e. The van der Waals surface area contributed by atoms with Gasteiger partial charge in [-0.05, 0) is 12.1 Å². The average molecular weight is 267 g/mol. The number of aromatic nitrogens is 2. The summed E-state index contributed by atoms with van der Waals surface area (Å²) in [4.78, 5) is 3.99. The number of hydrogen-bond acceptors (Lipinski definition) is 6. The lowest BCUT2D eigenvalue weighted by atomic mass is 10.1. The molecule has 0 radical (unpaired) electrons. The van der Waals surface area contributed by atoms with E-state index in [0.717, 1.165) is 0 Å². The van der Waals surface area contributed by atoms with Gasteiger partial charge in [-0.15, -0.1) is 0 Å². The fourth-order valence-electron chi connectivity index (χ4n) is 1.69. The molecule has 2 rings (SSSR count). The molecule has 0 atom stereocenters. The summed E-state index contributed by atoms with van der Waals surface area (Å²) in [5, 5.41) is 3.69. The Morgan fingerprint density at radius 2 is 2.16 bits per heavy atom. The van der Waals surface area contributed by atoms with Gasteiger partial charge < -0.3 is 19.7 Å². The summed E-state index contributed by atoms with van der Waals surface area (Å²) in [6, 6.07) is 3.16. The fraction of sp³-hybridized carbons (Fsp3) is 0.333. The van der Waals surface area contributed by atoms with E-state index in [9.17, 15) is 4.39 Å². The predicted molar refractivity (Wildman–Crippen MR) is 64.8 cm³/mol. The molecule has 0 aliphatic heterocycles. The van der Waals surface area contributed by atoms with Crippen LogP contribution in [-0.2, 0) is 17.9 Å². The first kappa shape index (κ1) is 13.4. The second-order valence-electron chi connectivity index (χ2n) is 3.76. The first-order valence-corrected chi connectivity index (χ1v) is 5.58. The van der Waals surface area contributed by atoms with E-state index in [-0.39, 0.29) is 30.4 Å². The monoisotopic (exact) mass is 267 g/mol. The Kier molecular flexibility index (Phi) is 4.08. The molecule has 0 saturated heterocycles. The van der Waals surface area contributed by atoms with Crippen LogP contribution in [0.3, 0.4) is 0 Å². The van der Waals surface area contributed by atoms with E-state index in [0.29, 0.717) is 11.3 Å². The standard InChI is InChI=1S/C12H14FN3O3/c1-17-6-8-9(18-2)4-3-7(11(8)13)12-15-10(5-14)19-16-12/h3-4H,5-6,14H2,1-2H3. The third-order valence-electron chi connectivity index (χ3n) is 2.59. The summed E-state index contributed by atoms with van der Waals surface area (Å²) in [5.74, 6) is 0.313. The van der Waals surface area contributed by atoms with Crippen LogP contribution < -0.4 is 10.5 Å². The Hall–Kier alpha value is -1.99. The molecule has 0 fully saturated rings. The fourth-order valence-corrected chi connectivity index (χ4v) is 1.69. The highest BCUT2D eigenvalue weighted by atomic mass is 19.1. The normalized spacial score (nSPS) is 10.7. The number of rotatable bonds is 5. The zero-order chi connectivity index (χ0) is 13.8. The van der Waals surface area contributed by atoms with Crippen molar-refractivity contribution < 1.29 is 18.4 Å². The summed E-state index contributed by atoms with van der Waals surface area (Å²) in [6.07, 6.45) is 0. The van der Waals surface area contributed by atoms with Gasteiger partial charge in [-0.1, -0.05) is 5.16 Å². The van der Waals surface area contributed by atoms with Crippen molar-refractivity contribution in [1.82, 2.24) is 10.1 Å². The Labute approximate surface area is 109 Å². The number of benzene rings is 1. The maximum atomic E-state index is 14.4. The molecule has 1 heterocycles. The lowest BCUT2D eigenvalue weighted by molar-refractivity contribution is 0.178. The van der Waals surface area contributed by atoms with Crippen LogP contribution in [0.25, 0.3) is 11.4 Å². The van der Waals surface area contributed by atoms with Crippen LogP contribution in [0.5, 0.6) is 5.75 Å². The van der Waals surface area contributed by atoms with Gasteiger partial charge in [0.2, 0.25) is 11.7 Å². The zero-order valence-electron chi connectivity index (χ0n) is 10.6. The minimum atomic E-state index is -0.495. The minimum absolute atomic E-state index is 0.0877. The van der Waals surface area contributed by atoms with E-state index in [1.807, 2.05) is 0 Å². The summed E-state index contributed by atoms with van der Waals surface area (Å²) < 4.78 is 29.3. The SMILES string of the molecule is COCc1c(OC)ccc(-c2noc(CN)n2)c1F. The topological polar surface area (TPSA) is 83.4 Å². The molecule has 0 spiro atoms. The van der Waals surface area contributed by atoms with Crippen molar-refractivity contribution in [3.63, 3.8) is 0 Å². The molecule has 7 heteroatoms. The van der Waals surface area contributed by atoms with Gasteiger partial charge in [0.1, 0.15) is 11.6 Å². The molecule has 102 valence electrons. The molecular formula is C12H14FN3O3. The first-order valence-electron chi connectivity index (χ1n) is 5.58. The van der Waals surface area contributed by atoms with Gasteiger partial charge in [-0.3, -0.25) is 0 Å². The second-order valence-corrected chi connectivity index (χ2v) is 3.76. The third-order valence-corrected chi connectivity index (χ3v) is 2.59. The van der Waals surface area contributed by atoms with E-state index in [4.69, 9.17) is 19.7 Å². The lowest BCUT2D eigenvalue weighted by Crippen LogP contribution is -2.01. The number of nitrogens with zero attached hydrogens (tertiary/aromatic N) is 2. The van der Waals surface area contributed by atoms with Crippen LogP contribution in [0.15, 0.2) is 16.7 Å². The van der Waals surface area contributed by atoms with Gasteiger partial charge >= 0.3 is 0 Å². The smallest absolute Gasteiger partial charge is 0.240 e. The van der Waals surface area contributed by atoms with Crippen molar-refractivity contribution >= 4 is 0 Å². The molecule has 0 aliphatic carbocycles. The number of nitrogens with two attached hydrogens (primary N) is 1. The highest BCUT2D eigenvalue weighted by Gasteiger charge is 2.18. The largest absolute Gasteiger partial charge is 0.496 e. The molecule has 6 nitrogen and oxygen atoms in total. The Morgan fingerprint density at radius 3 is 2.74 bits per heavy atom. The van der Waals surface area contributed by atoms with E-state index in [1.54, 1.807) is 6.07 Å². The Bertz CT molecular complexity index is 571. The van der Waals surface area contributed by atoms with Crippen molar-refractivity contribution in [2.24, 2.45) is 5.73 Å². The highest BCUT2D eigenvalue weighted by Crippen LogP contribution is 2.30. The molecule has 0 bridgehead atoms. The van der Waals surface area contributed by atoms with Crippen molar-refractivity contribution in [2.75, 3.05) is 14.2 Å². The van der Waals surface area contributed by atoms with Crippen molar-refractivity contribution in [1.29, 1.82) is 0 Å². The molecule has 0 unspecified atom stereocenters. The number of ether oxygens (including phenoxy) is 2. The number of hydrogen-bond donors (Lipinski definition) is 1. The van der Waals surface area contributed by atoms with Crippen LogP contribution in [-0.4, -0.2) is 24.4 Å². The molecule has 0 amide bonds. The molecule has 2 N–H and O–H groups in total. The molecule has 0 aliphatic rings. The average Bonchev–Trinajstić information content (AvgIpc) is 2.89. The van der Waals surface area contributed by atoms with Gasteiger partial charge in [-0.2, -0.15) is 4.98 Å². The van der Waals surface area contributed by atoms with Crippen LogP contribution >= 0.6 is 0 Å². The molecule has 19 heavy (non-hydrogen) atoms. The van der Waals surface area contributed by atoms with Gasteiger partial charge in [0, 0.05) is 7.11 Å². The van der Waals surface area contributed by atoms with Gasteiger partial charge in [0.15, 0.2) is 0 Å². The summed E-state index contributed by atoms with van der Waals surface area (Å²) in [7, 11) is 2.95. The summed E-state index contributed by atoms with van der Waals surface area (Å²) >= 11 is 0. The van der Waals surface area contributed by atoms with E-state index in [1.165, 1.54) is 20.3 Å². The van der Waals surface area contributed by atoms with Crippen LogP contribution in [0.4, 0.5) is 4.39 Å². The highest BCUT2D eigenvalue weighted by molar-refractivity contribution is 5.59. The van der Waals surface area contributed by atoms with Gasteiger partial charge in [0.05, 0.1) is 31.4 Å². The van der Waals surface area contributed by atoms with E-state index in [2.05, 4.69) is 10.1 Å². The maximum absolute atomic E-state index is 14.4. The van der Waals surface area contributed by atoms with Crippen LogP contribution in [0, 0.1) is 5.82 Å². The second kappa shape index (κ2) is 5.77. The van der Waals surface area contributed by atoms with Crippen molar-refractivity contribution in [2.45, 2.75) is 13.2 Å². The molecule has 1 aromatic heterocycles. The summed E-state index contributed by atoms with van der Waals surface area (Å²) in [6.45, 7) is 0.195. The molecule has 0 saturated carbocycles. The van der Waals surface area contributed by atoms with Crippen molar-refractivity contribution in [3.05, 3.63) is 29.4 Å². The van der Waals surface area contributed by atoms with E-state index >= 15 is 0 Å². The van der Waals surface area contributed by atoms with Crippen LogP contribution in [0.2, 0.25) is 0 Å². The Balaban J connectivity index is 2.49. The molecule has 2 aromatic rings. The van der Waals surface area contributed by atoms with E-state index < -0.39 is 5.82 Å². The quantitative estimate of drug-likeness (QED) is 0.883. The summed E-state index contributed by atoms with van der Waals surface area (Å²) in [5.41, 5.74) is 5.90. The van der Waals surface area contributed by atoms with Gasteiger partial charge in [-0.25, -0.2) is 4.39 Å². The minimum Gasteiger partial charge on any atom is -0.496 e. The number of methoxy groups -OCH3 is 2. The lowest BCUT2D eigenvalue weighted by Gasteiger charge is -2.10. The van der Waals surface area contributed by atoms with Gasteiger partial charge in [0.25, 0.3) is 0 Å².